The first kappa shape index (κ1) is 13.9. The summed E-state index contributed by atoms with van der Waals surface area (Å²) in [7, 11) is 2.08. The number of hydrogen-bond donors (Lipinski definition) is 1. The molecule has 1 aliphatic heterocycles. The molecule has 0 aliphatic carbocycles. The molecule has 0 saturated carbocycles. The summed E-state index contributed by atoms with van der Waals surface area (Å²) in [5.74, 6) is 2.55. The van der Waals surface area contributed by atoms with E-state index >= 15 is 0 Å². The molecular weight excluding hydrogens is 242 g/mol. The van der Waals surface area contributed by atoms with Gasteiger partial charge in [0.2, 0.25) is 0 Å². The zero-order valence-electron chi connectivity index (χ0n) is 11.6. The molecule has 18 heavy (non-hydrogen) atoms. The minimum atomic E-state index is 0.661. The third-order valence-corrected chi connectivity index (χ3v) is 5.19. The Bertz CT molecular complexity index is 345. The Kier molecular flexibility index (Phi) is 5.57. The molecule has 0 bridgehead atoms. The Balaban J connectivity index is 1.86. The minimum absolute atomic E-state index is 0.661. The molecule has 0 radical (unpaired) electrons. The summed E-state index contributed by atoms with van der Waals surface area (Å²) in [6, 6.07) is 0.661. The highest BCUT2D eigenvalue weighted by molar-refractivity contribution is 8.00. The van der Waals surface area contributed by atoms with Crippen molar-refractivity contribution in [1.82, 2.24) is 14.9 Å². The number of rotatable bonds is 7. The van der Waals surface area contributed by atoms with Crippen LogP contribution in [0.1, 0.15) is 38.4 Å². The van der Waals surface area contributed by atoms with Crippen molar-refractivity contribution >= 4 is 11.8 Å². The fraction of sp³-hybridized carbons (Fsp3) is 0.786. The van der Waals surface area contributed by atoms with Crippen LogP contribution in [0.15, 0.2) is 12.4 Å². The fourth-order valence-corrected chi connectivity index (χ4v) is 4.03. The Hall–Kier alpha value is -0.480. The highest BCUT2D eigenvalue weighted by Crippen LogP contribution is 2.30. The van der Waals surface area contributed by atoms with Gasteiger partial charge in [-0.3, -0.25) is 0 Å². The fourth-order valence-electron chi connectivity index (χ4n) is 2.59. The monoisotopic (exact) mass is 267 g/mol. The average molecular weight is 267 g/mol. The normalized spacial score (nSPS) is 21.3. The summed E-state index contributed by atoms with van der Waals surface area (Å²) < 4.78 is 2.14. The van der Waals surface area contributed by atoms with Gasteiger partial charge in [-0.05, 0) is 38.0 Å². The van der Waals surface area contributed by atoms with Crippen molar-refractivity contribution in [2.45, 2.75) is 50.3 Å². The molecule has 4 heteroatoms. The van der Waals surface area contributed by atoms with Gasteiger partial charge in [-0.25, -0.2) is 4.98 Å². The van der Waals surface area contributed by atoms with E-state index in [1.54, 1.807) is 0 Å². The van der Waals surface area contributed by atoms with Crippen molar-refractivity contribution in [3.63, 3.8) is 0 Å². The van der Waals surface area contributed by atoms with Gasteiger partial charge in [0, 0.05) is 37.2 Å². The predicted molar refractivity (Wildman–Crippen MR) is 79.1 cm³/mol. The molecule has 102 valence electrons. The van der Waals surface area contributed by atoms with Gasteiger partial charge < -0.3 is 9.88 Å². The number of nitrogens with zero attached hydrogens (tertiary/aromatic N) is 2. The Labute approximate surface area is 115 Å². The standard InChI is InChI=1S/C14H25N3S/c1-3-8-15-12(13-5-4-11-18-13)6-7-14-16-9-10-17(14)2/h9-10,12-13,15H,3-8,11H2,1-2H3. The number of aryl methyl sites for hydroxylation is 2. The van der Waals surface area contributed by atoms with Gasteiger partial charge in [0.1, 0.15) is 5.82 Å². The molecule has 1 aliphatic rings. The maximum Gasteiger partial charge on any atom is 0.108 e. The maximum atomic E-state index is 4.42. The first-order valence-electron chi connectivity index (χ1n) is 7.12. The summed E-state index contributed by atoms with van der Waals surface area (Å²) in [6.45, 7) is 3.38. The summed E-state index contributed by atoms with van der Waals surface area (Å²) in [5, 5.41) is 4.55. The Morgan fingerprint density at radius 2 is 2.50 bits per heavy atom. The van der Waals surface area contributed by atoms with Crippen LogP contribution >= 0.6 is 11.8 Å². The van der Waals surface area contributed by atoms with E-state index < -0.39 is 0 Å². The molecule has 1 fully saturated rings. The van der Waals surface area contributed by atoms with Crippen LogP contribution in [0, 0.1) is 0 Å². The largest absolute Gasteiger partial charge is 0.338 e. The molecule has 2 atom stereocenters. The maximum absolute atomic E-state index is 4.42. The molecule has 2 rings (SSSR count). The van der Waals surface area contributed by atoms with Crippen LogP contribution in [0.3, 0.4) is 0 Å². The van der Waals surface area contributed by atoms with Crippen LogP contribution in [-0.2, 0) is 13.5 Å². The molecule has 2 unspecified atom stereocenters. The second-order valence-electron chi connectivity index (χ2n) is 5.11. The molecule has 0 amide bonds. The number of imidazole rings is 1. The lowest BCUT2D eigenvalue weighted by atomic mass is 10.0. The predicted octanol–water partition coefficient (Wildman–Crippen LogP) is 2.62. The van der Waals surface area contributed by atoms with E-state index in [-0.39, 0.29) is 0 Å². The first-order valence-corrected chi connectivity index (χ1v) is 8.17. The van der Waals surface area contributed by atoms with E-state index in [0.717, 1.165) is 18.2 Å². The van der Waals surface area contributed by atoms with Crippen LogP contribution in [-0.4, -0.2) is 33.1 Å². The highest BCUT2D eigenvalue weighted by Gasteiger charge is 2.25. The molecular formula is C14H25N3S. The van der Waals surface area contributed by atoms with Crippen molar-refractivity contribution in [1.29, 1.82) is 0 Å². The van der Waals surface area contributed by atoms with Crippen LogP contribution in [0.25, 0.3) is 0 Å². The third-order valence-electron chi connectivity index (χ3n) is 3.67. The van der Waals surface area contributed by atoms with Crippen LogP contribution in [0.5, 0.6) is 0 Å². The van der Waals surface area contributed by atoms with E-state index in [1.807, 2.05) is 12.4 Å². The second kappa shape index (κ2) is 7.19. The number of hydrogen-bond acceptors (Lipinski definition) is 3. The van der Waals surface area contributed by atoms with Crippen molar-refractivity contribution in [2.24, 2.45) is 7.05 Å². The molecule has 0 aromatic carbocycles. The van der Waals surface area contributed by atoms with Gasteiger partial charge in [-0.2, -0.15) is 11.8 Å². The lowest BCUT2D eigenvalue weighted by molar-refractivity contribution is 0.452. The van der Waals surface area contributed by atoms with Crippen molar-refractivity contribution < 1.29 is 0 Å². The SMILES string of the molecule is CCCNC(CCc1nccn1C)C1CCCS1. The first-order chi connectivity index (χ1) is 8.81. The van der Waals surface area contributed by atoms with E-state index in [9.17, 15) is 0 Å². The Morgan fingerprint density at radius 1 is 1.61 bits per heavy atom. The smallest absolute Gasteiger partial charge is 0.108 e. The van der Waals surface area contributed by atoms with E-state index in [4.69, 9.17) is 0 Å². The number of aromatic nitrogens is 2. The van der Waals surface area contributed by atoms with Gasteiger partial charge in [0.25, 0.3) is 0 Å². The number of nitrogens with one attached hydrogen (secondary N) is 1. The van der Waals surface area contributed by atoms with Gasteiger partial charge in [0.15, 0.2) is 0 Å². The van der Waals surface area contributed by atoms with Crippen LogP contribution < -0.4 is 5.32 Å². The lowest BCUT2D eigenvalue weighted by Crippen LogP contribution is -2.38. The highest BCUT2D eigenvalue weighted by atomic mass is 32.2. The summed E-state index contributed by atoms with van der Waals surface area (Å²) >= 11 is 2.15. The van der Waals surface area contributed by atoms with Gasteiger partial charge in [-0.15, -0.1) is 0 Å². The van der Waals surface area contributed by atoms with Gasteiger partial charge in [0.05, 0.1) is 0 Å². The van der Waals surface area contributed by atoms with Crippen molar-refractivity contribution in [2.75, 3.05) is 12.3 Å². The Morgan fingerprint density at radius 3 is 3.11 bits per heavy atom. The molecule has 1 saturated heterocycles. The van der Waals surface area contributed by atoms with E-state index in [1.165, 1.54) is 37.3 Å². The summed E-state index contributed by atoms with van der Waals surface area (Å²) in [6.07, 6.45) is 10.2. The molecule has 2 heterocycles. The zero-order valence-corrected chi connectivity index (χ0v) is 12.4. The second-order valence-corrected chi connectivity index (χ2v) is 6.45. The molecule has 3 nitrogen and oxygen atoms in total. The van der Waals surface area contributed by atoms with E-state index in [2.05, 4.69) is 40.6 Å². The van der Waals surface area contributed by atoms with Gasteiger partial charge in [-0.1, -0.05) is 6.92 Å². The molecule has 1 aromatic heterocycles. The van der Waals surface area contributed by atoms with E-state index in [0.29, 0.717) is 6.04 Å². The van der Waals surface area contributed by atoms with Crippen molar-refractivity contribution in [3.05, 3.63) is 18.2 Å². The van der Waals surface area contributed by atoms with Crippen molar-refractivity contribution in [3.8, 4) is 0 Å². The molecule has 0 spiro atoms. The summed E-state index contributed by atoms with van der Waals surface area (Å²) in [5.41, 5.74) is 0. The molecule has 1 N–H and O–H groups in total. The minimum Gasteiger partial charge on any atom is -0.338 e. The van der Waals surface area contributed by atoms with Gasteiger partial charge >= 0.3 is 0 Å². The molecule has 1 aromatic rings. The van der Waals surface area contributed by atoms with Crippen LogP contribution in [0.2, 0.25) is 0 Å². The topological polar surface area (TPSA) is 29.9 Å². The quantitative estimate of drug-likeness (QED) is 0.823. The van der Waals surface area contributed by atoms with Crippen LogP contribution in [0.4, 0.5) is 0 Å². The third kappa shape index (κ3) is 3.75. The summed E-state index contributed by atoms with van der Waals surface area (Å²) in [4.78, 5) is 4.42. The zero-order chi connectivity index (χ0) is 12.8. The average Bonchev–Trinajstić information content (AvgIpc) is 3.01. The number of thioether (sulfide) groups is 1. The lowest BCUT2D eigenvalue weighted by Gasteiger charge is -2.24.